The maximum Gasteiger partial charge on any atom is 0.416 e. The number of rotatable bonds is 5. The first-order chi connectivity index (χ1) is 14.7. The lowest BCUT2D eigenvalue weighted by atomic mass is 9.78. The molecule has 0 bridgehead atoms. The van der Waals surface area contributed by atoms with Gasteiger partial charge in [-0.3, -0.25) is 4.79 Å². The summed E-state index contributed by atoms with van der Waals surface area (Å²) in [5.41, 5.74) is 5.43. The predicted octanol–water partition coefficient (Wildman–Crippen LogP) is 6.45. The molecule has 1 aromatic heterocycles. The van der Waals surface area contributed by atoms with Crippen LogP contribution in [-0.2, 0) is 6.18 Å². The number of hydrogen-bond acceptors (Lipinski definition) is 4. The van der Waals surface area contributed by atoms with E-state index in [0.717, 1.165) is 46.9 Å². The number of halogens is 4. The lowest BCUT2D eigenvalue weighted by molar-refractivity contribution is -0.137. The molecular weight excluding hydrogens is 447 g/mol. The van der Waals surface area contributed by atoms with Crippen LogP contribution in [0.5, 0.6) is 0 Å². The third-order valence-corrected chi connectivity index (χ3v) is 7.23. The number of aromatic nitrogens is 1. The summed E-state index contributed by atoms with van der Waals surface area (Å²) < 4.78 is 41.0. The van der Waals surface area contributed by atoms with Gasteiger partial charge in [0.15, 0.2) is 5.13 Å². The zero-order valence-corrected chi connectivity index (χ0v) is 18.1. The van der Waals surface area contributed by atoms with E-state index in [9.17, 15) is 18.0 Å². The van der Waals surface area contributed by atoms with Crippen molar-refractivity contribution < 1.29 is 18.0 Å². The zero-order valence-electron chi connectivity index (χ0n) is 16.5. The Kier molecular flexibility index (Phi) is 6.12. The van der Waals surface area contributed by atoms with Gasteiger partial charge in [0.2, 0.25) is 5.91 Å². The quantitative estimate of drug-likeness (QED) is 0.453. The molecule has 0 atom stereocenters. The van der Waals surface area contributed by atoms with Gasteiger partial charge in [-0.15, -0.1) is 0 Å². The molecule has 4 rings (SSSR count). The van der Waals surface area contributed by atoms with Crippen LogP contribution in [0.25, 0.3) is 10.2 Å². The lowest BCUT2D eigenvalue weighted by Gasteiger charge is -2.30. The van der Waals surface area contributed by atoms with E-state index in [1.165, 1.54) is 0 Å². The zero-order chi connectivity index (χ0) is 22.2. The predicted molar refractivity (Wildman–Crippen MR) is 118 cm³/mol. The highest BCUT2D eigenvalue weighted by Crippen LogP contribution is 2.42. The molecule has 3 N–H and O–H groups in total. The maximum atomic E-state index is 13.3. The molecular formula is C22H21ClF3N3OS. The molecule has 0 spiro atoms. The van der Waals surface area contributed by atoms with E-state index >= 15 is 0 Å². The molecule has 0 radical (unpaired) electrons. The number of carbonyl (C=O) groups excluding carboxylic acids is 1. The molecule has 1 saturated carbocycles. The molecule has 2 aromatic carbocycles. The Morgan fingerprint density at radius 2 is 1.90 bits per heavy atom. The van der Waals surface area contributed by atoms with Gasteiger partial charge in [-0.05, 0) is 67.3 Å². The van der Waals surface area contributed by atoms with Crippen molar-refractivity contribution in [2.45, 2.75) is 37.8 Å². The fourth-order valence-corrected chi connectivity index (χ4v) is 5.37. The van der Waals surface area contributed by atoms with Crippen molar-refractivity contribution >= 4 is 44.2 Å². The van der Waals surface area contributed by atoms with Crippen LogP contribution >= 0.6 is 22.9 Å². The molecule has 1 aliphatic carbocycles. The van der Waals surface area contributed by atoms with Crippen LogP contribution in [0.2, 0.25) is 5.02 Å². The van der Waals surface area contributed by atoms with Crippen molar-refractivity contribution in [3.05, 3.63) is 58.1 Å². The number of thiazole rings is 1. The van der Waals surface area contributed by atoms with Crippen molar-refractivity contribution in [3.8, 4) is 0 Å². The summed E-state index contributed by atoms with van der Waals surface area (Å²) in [6.45, 7) is 0.759. The molecule has 0 saturated heterocycles. The van der Waals surface area contributed by atoms with Crippen LogP contribution in [0, 0.1) is 5.92 Å². The minimum atomic E-state index is -4.57. The first-order valence-electron chi connectivity index (χ1n) is 10.0. The highest BCUT2D eigenvalue weighted by atomic mass is 35.5. The van der Waals surface area contributed by atoms with E-state index in [-0.39, 0.29) is 16.5 Å². The van der Waals surface area contributed by atoms with Crippen LogP contribution < -0.4 is 11.1 Å². The summed E-state index contributed by atoms with van der Waals surface area (Å²) in [6, 6.07) is 9.74. The highest BCUT2D eigenvalue weighted by molar-refractivity contribution is 7.22. The fourth-order valence-electron chi connectivity index (χ4n) is 4.14. The Balaban J connectivity index is 1.43. The summed E-state index contributed by atoms with van der Waals surface area (Å²) in [4.78, 5) is 16.2. The van der Waals surface area contributed by atoms with E-state index < -0.39 is 17.6 Å². The van der Waals surface area contributed by atoms with Crippen LogP contribution in [0.1, 0.15) is 53.1 Å². The van der Waals surface area contributed by atoms with E-state index in [1.807, 2.05) is 24.3 Å². The average molecular weight is 468 g/mol. The molecule has 4 nitrogen and oxygen atoms in total. The van der Waals surface area contributed by atoms with Gasteiger partial charge in [0, 0.05) is 6.54 Å². The first-order valence-corrected chi connectivity index (χ1v) is 11.2. The lowest BCUT2D eigenvalue weighted by Crippen LogP contribution is -2.22. The van der Waals surface area contributed by atoms with Crippen LogP contribution in [0.4, 0.5) is 18.3 Å². The second-order valence-corrected chi connectivity index (χ2v) is 9.28. The largest absolute Gasteiger partial charge is 0.416 e. The van der Waals surface area contributed by atoms with E-state index in [4.69, 9.17) is 17.3 Å². The third-order valence-electron chi connectivity index (χ3n) is 5.82. The number of fused-ring (bicyclic) bond motifs is 1. The summed E-state index contributed by atoms with van der Waals surface area (Å²) in [5.74, 6) is -0.693. The molecule has 1 fully saturated rings. The minimum absolute atomic E-state index is 0.0385. The van der Waals surface area contributed by atoms with Gasteiger partial charge in [0.1, 0.15) is 0 Å². The molecule has 9 heteroatoms. The smallest absolute Gasteiger partial charge is 0.366 e. The van der Waals surface area contributed by atoms with Gasteiger partial charge in [0.25, 0.3) is 0 Å². The van der Waals surface area contributed by atoms with Gasteiger partial charge >= 0.3 is 6.18 Å². The summed E-state index contributed by atoms with van der Waals surface area (Å²) in [5, 5.41) is 4.30. The summed E-state index contributed by atoms with van der Waals surface area (Å²) in [6.07, 6.45) is -1.47. The molecule has 1 heterocycles. The molecule has 164 valence electrons. The number of nitrogens with zero attached hydrogens (tertiary/aromatic N) is 1. The number of carbonyl (C=O) groups is 1. The summed E-state index contributed by atoms with van der Waals surface area (Å²) in [7, 11) is 0. The van der Waals surface area contributed by atoms with E-state index in [1.54, 1.807) is 11.3 Å². The fraction of sp³-hybridized carbons (Fsp3) is 0.364. The number of nitrogens with two attached hydrogens (primary N) is 1. The number of anilines is 1. The molecule has 1 amide bonds. The number of amides is 1. The van der Waals surface area contributed by atoms with Gasteiger partial charge < -0.3 is 11.1 Å². The standard InChI is InChI=1S/C22H21ClF3N3OS/c23-19-15(9-14(22(24,25)26)10-16(19)20(27)30)13-7-5-12(6-8-13)11-28-21-29-17-3-1-2-4-18(17)31-21/h1-4,9-10,12-13H,5-8,11H2,(H2,27,30)(H,28,29). The number of primary amides is 1. The monoisotopic (exact) mass is 467 g/mol. The summed E-state index contributed by atoms with van der Waals surface area (Å²) >= 11 is 7.89. The highest BCUT2D eigenvalue weighted by Gasteiger charge is 2.34. The molecule has 0 aliphatic heterocycles. The van der Waals surface area contributed by atoms with Crippen molar-refractivity contribution in [2.75, 3.05) is 11.9 Å². The average Bonchev–Trinajstić information content (AvgIpc) is 3.15. The SMILES string of the molecule is NC(=O)c1cc(C(F)(F)F)cc(C2CCC(CNc3nc4ccccc4s3)CC2)c1Cl. The van der Waals surface area contributed by atoms with Gasteiger partial charge in [-0.1, -0.05) is 35.1 Å². The van der Waals surface area contributed by atoms with Crippen molar-refractivity contribution in [3.63, 3.8) is 0 Å². The van der Waals surface area contributed by atoms with Gasteiger partial charge in [-0.25, -0.2) is 4.98 Å². The van der Waals surface area contributed by atoms with Gasteiger partial charge in [0.05, 0.1) is 26.4 Å². The van der Waals surface area contributed by atoms with Crippen molar-refractivity contribution in [2.24, 2.45) is 11.7 Å². The Morgan fingerprint density at radius 1 is 1.19 bits per heavy atom. The Morgan fingerprint density at radius 3 is 2.55 bits per heavy atom. The number of para-hydroxylation sites is 1. The normalized spacial score (nSPS) is 19.5. The Bertz CT molecular complexity index is 1070. The number of alkyl halides is 3. The van der Waals surface area contributed by atoms with E-state index in [2.05, 4.69) is 10.3 Å². The van der Waals surface area contributed by atoms with Gasteiger partial charge in [-0.2, -0.15) is 13.2 Å². The second-order valence-electron chi connectivity index (χ2n) is 7.87. The number of hydrogen-bond donors (Lipinski definition) is 2. The van der Waals surface area contributed by atoms with Crippen LogP contribution in [-0.4, -0.2) is 17.4 Å². The Hall–Kier alpha value is -2.32. The topological polar surface area (TPSA) is 68.0 Å². The van der Waals surface area contributed by atoms with Crippen LogP contribution in [0.3, 0.4) is 0 Å². The second kappa shape index (κ2) is 8.67. The maximum absolute atomic E-state index is 13.3. The first kappa shape index (κ1) is 21.9. The molecule has 1 aliphatic rings. The van der Waals surface area contributed by atoms with Crippen molar-refractivity contribution in [1.82, 2.24) is 4.98 Å². The number of nitrogens with one attached hydrogen (secondary N) is 1. The molecule has 3 aromatic rings. The third kappa shape index (κ3) is 4.80. The molecule has 31 heavy (non-hydrogen) atoms. The Labute approximate surface area is 186 Å². The molecule has 0 unspecified atom stereocenters. The number of benzene rings is 2. The van der Waals surface area contributed by atoms with E-state index in [0.29, 0.717) is 24.3 Å². The van der Waals surface area contributed by atoms with Crippen LogP contribution in [0.15, 0.2) is 36.4 Å². The minimum Gasteiger partial charge on any atom is -0.366 e. The van der Waals surface area contributed by atoms with Crippen molar-refractivity contribution in [1.29, 1.82) is 0 Å².